The number of nitrogens with one attached hydrogen (secondary N) is 1. The summed E-state index contributed by atoms with van der Waals surface area (Å²) in [5.74, 6) is -3.01. The Labute approximate surface area is 177 Å². The molecule has 162 valence electrons. The van der Waals surface area contributed by atoms with E-state index in [1.54, 1.807) is 12.1 Å². The van der Waals surface area contributed by atoms with E-state index in [4.69, 9.17) is 9.15 Å². The summed E-state index contributed by atoms with van der Waals surface area (Å²) in [6.07, 6.45) is 1.33. The zero-order valence-electron chi connectivity index (χ0n) is 16.9. The summed E-state index contributed by atoms with van der Waals surface area (Å²) in [6, 6.07) is 5.75. The van der Waals surface area contributed by atoms with Crippen LogP contribution in [0.4, 0.5) is 14.9 Å². The number of halogens is 1. The second-order valence-corrected chi connectivity index (χ2v) is 7.67. The molecule has 2 atom stereocenters. The Kier molecular flexibility index (Phi) is 5.58. The highest BCUT2D eigenvalue weighted by molar-refractivity contribution is 6.16. The molecule has 1 aliphatic carbocycles. The average molecular weight is 428 g/mol. The third-order valence-corrected chi connectivity index (χ3v) is 5.50. The van der Waals surface area contributed by atoms with Crippen molar-refractivity contribution in [3.63, 3.8) is 0 Å². The summed E-state index contributed by atoms with van der Waals surface area (Å²) in [6.45, 7) is 1.65. The predicted molar refractivity (Wildman–Crippen MR) is 106 cm³/mol. The van der Waals surface area contributed by atoms with E-state index in [1.807, 2.05) is 0 Å². The number of carbonyl (C=O) groups is 4. The molecule has 2 aromatic rings. The largest absolute Gasteiger partial charge is 0.461 e. The maximum atomic E-state index is 15.1. The number of rotatable bonds is 5. The SMILES string of the molecule is CC(=O)NC[C@H]1CN(c2cc(F)c3c(c2)CCCC(C(=O)c2ccco2)C3=O)C(=O)O1. The minimum absolute atomic E-state index is 0.0730. The zero-order chi connectivity index (χ0) is 22.1. The van der Waals surface area contributed by atoms with Gasteiger partial charge >= 0.3 is 6.09 Å². The van der Waals surface area contributed by atoms with Crippen molar-refractivity contribution in [1.29, 1.82) is 0 Å². The Balaban J connectivity index is 1.59. The van der Waals surface area contributed by atoms with Gasteiger partial charge in [-0.05, 0) is 49.1 Å². The second kappa shape index (κ2) is 8.33. The average Bonchev–Trinajstić information content (AvgIpc) is 3.35. The van der Waals surface area contributed by atoms with Gasteiger partial charge in [-0.3, -0.25) is 19.3 Å². The second-order valence-electron chi connectivity index (χ2n) is 7.67. The van der Waals surface area contributed by atoms with Gasteiger partial charge in [0, 0.05) is 6.92 Å². The number of benzene rings is 1. The van der Waals surface area contributed by atoms with Crippen LogP contribution in [0.25, 0.3) is 0 Å². The van der Waals surface area contributed by atoms with E-state index in [-0.39, 0.29) is 42.4 Å². The third kappa shape index (κ3) is 4.08. The molecular weight excluding hydrogens is 407 g/mol. The number of anilines is 1. The molecule has 0 saturated carbocycles. The van der Waals surface area contributed by atoms with Crippen molar-refractivity contribution in [2.45, 2.75) is 32.3 Å². The topological polar surface area (TPSA) is 106 Å². The fourth-order valence-electron chi connectivity index (χ4n) is 4.02. The van der Waals surface area contributed by atoms with Crippen molar-refractivity contribution in [3.05, 3.63) is 53.2 Å². The molecule has 8 nitrogen and oxygen atoms in total. The summed E-state index contributed by atoms with van der Waals surface area (Å²) in [5.41, 5.74) is 0.608. The molecule has 0 spiro atoms. The molecule has 2 aliphatic rings. The fraction of sp³-hybridized carbons (Fsp3) is 0.364. The molecule has 1 fully saturated rings. The number of nitrogens with zero attached hydrogens (tertiary/aromatic N) is 1. The number of aryl methyl sites for hydroxylation is 1. The van der Waals surface area contributed by atoms with Crippen LogP contribution in [0.5, 0.6) is 0 Å². The summed E-state index contributed by atoms with van der Waals surface area (Å²) in [7, 11) is 0. The highest BCUT2D eigenvalue weighted by Crippen LogP contribution is 2.33. The van der Waals surface area contributed by atoms with Crippen LogP contribution in [0.1, 0.15) is 46.2 Å². The van der Waals surface area contributed by atoms with E-state index in [0.717, 1.165) is 6.07 Å². The maximum absolute atomic E-state index is 15.1. The van der Waals surface area contributed by atoms with Gasteiger partial charge in [0.1, 0.15) is 11.9 Å². The molecule has 1 N–H and O–H groups in total. The van der Waals surface area contributed by atoms with Crippen molar-refractivity contribution in [1.82, 2.24) is 5.32 Å². The first-order valence-corrected chi connectivity index (χ1v) is 10.0. The number of hydrogen-bond acceptors (Lipinski definition) is 6. The Morgan fingerprint density at radius 2 is 2.10 bits per heavy atom. The normalized spacial score (nSPS) is 20.8. The van der Waals surface area contributed by atoms with Gasteiger partial charge in [-0.25, -0.2) is 9.18 Å². The van der Waals surface area contributed by atoms with E-state index >= 15 is 4.39 Å². The lowest BCUT2D eigenvalue weighted by Gasteiger charge is -2.17. The first kappa shape index (κ1) is 20.8. The number of ketones is 2. The number of hydrogen-bond donors (Lipinski definition) is 1. The number of Topliss-reactive ketones (excluding diaryl/α,β-unsaturated/α-hetero) is 2. The molecule has 0 bridgehead atoms. The predicted octanol–water partition coefficient (Wildman–Crippen LogP) is 2.90. The zero-order valence-corrected chi connectivity index (χ0v) is 16.9. The Bertz CT molecular complexity index is 1050. The van der Waals surface area contributed by atoms with Crippen LogP contribution in [0.3, 0.4) is 0 Å². The quantitative estimate of drug-likeness (QED) is 0.446. The molecule has 1 unspecified atom stereocenters. The fourth-order valence-corrected chi connectivity index (χ4v) is 4.02. The lowest BCUT2D eigenvalue weighted by Crippen LogP contribution is -2.33. The number of carbonyl (C=O) groups excluding carboxylic acids is 4. The molecule has 2 amide bonds. The summed E-state index contributed by atoms with van der Waals surface area (Å²) in [4.78, 5) is 50.3. The first-order chi connectivity index (χ1) is 14.8. The number of furan rings is 1. The standard InChI is InChI=1S/C22H21FN2O6/c1-12(26)24-10-15-11-25(22(29)31-15)14-8-13-4-2-5-16(20(27)18-6-3-7-30-18)21(28)19(13)17(23)9-14/h3,6-9,15-16H,2,4-5,10-11H2,1H3,(H,24,26)/t15-,16?/m0/s1. The van der Waals surface area contributed by atoms with Crippen molar-refractivity contribution in [3.8, 4) is 0 Å². The van der Waals surface area contributed by atoms with Crippen LogP contribution < -0.4 is 10.2 Å². The molecule has 0 radical (unpaired) electrons. The summed E-state index contributed by atoms with van der Waals surface area (Å²) in [5, 5.41) is 2.58. The van der Waals surface area contributed by atoms with Crippen molar-refractivity contribution in [2.24, 2.45) is 5.92 Å². The Hall–Kier alpha value is -3.49. The Morgan fingerprint density at radius 3 is 2.81 bits per heavy atom. The van der Waals surface area contributed by atoms with Crippen molar-refractivity contribution >= 4 is 29.3 Å². The molecule has 9 heteroatoms. The van der Waals surface area contributed by atoms with Crippen molar-refractivity contribution in [2.75, 3.05) is 18.0 Å². The van der Waals surface area contributed by atoms with E-state index in [9.17, 15) is 19.2 Å². The molecule has 4 rings (SSSR count). The molecule has 1 aliphatic heterocycles. The van der Waals surface area contributed by atoms with E-state index < -0.39 is 35.5 Å². The van der Waals surface area contributed by atoms with E-state index in [0.29, 0.717) is 18.4 Å². The minimum atomic E-state index is -1.01. The summed E-state index contributed by atoms with van der Waals surface area (Å²) < 4.78 is 25.4. The van der Waals surface area contributed by atoms with Crippen LogP contribution in [-0.4, -0.2) is 42.8 Å². The number of fused-ring (bicyclic) bond motifs is 1. The van der Waals surface area contributed by atoms with E-state index in [2.05, 4.69) is 5.32 Å². The highest BCUT2D eigenvalue weighted by Gasteiger charge is 2.37. The summed E-state index contributed by atoms with van der Waals surface area (Å²) >= 11 is 0. The molecule has 1 aromatic heterocycles. The van der Waals surface area contributed by atoms with Crippen LogP contribution in [-0.2, 0) is 16.0 Å². The maximum Gasteiger partial charge on any atom is 0.414 e. The van der Waals surface area contributed by atoms with Gasteiger partial charge in [-0.15, -0.1) is 0 Å². The number of cyclic esters (lactones) is 1. The molecule has 1 aromatic carbocycles. The lowest BCUT2D eigenvalue weighted by atomic mass is 9.90. The first-order valence-electron chi connectivity index (χ1n) is 10.0. The van der Waals surface area contributed by atoms with Crippen molar-refractivity contribution < 1.29 is 32.7 Å². The minimum Gasteiger partial charge on any atom is -0.461 e. The van der Waals surface area contributed by atoms with Crippen LogP contribution in [0.15, 0.2) is 34.9 Å². The van der Waals surface area contributed by atoms with Crippen LogP contribution in [0, 0.1) is 11.7 Å². The molecule has 1 saturated heterocycles. The molecular formula is C22H21FN2O6. The van der Waals surface area contributed by atoms with Gasteiger partial charge in [-0.2, -0.15) is 0 Å². The van der Waals surface area contributed by atoms with Gasteiger partial charge < -0.3 is 14.5 Å². The van der Waals surface area contributed by atoms with E-state index in [1.165, 1.54) is 24.2 Å². The lowest BCUT2D eigenvalue weighted by molar-refractivity contribution is -0.119. The molecule has 2 heterocycles. The third-order valence-electron chi connectivity index (χ3n) is 5.50. The van der Waals surface area contributed by atoms with Gasteiger partial charge in [0.25, 0.3) is 0 Å². The molecule has 31 heavy (non-hydrogen) atoms. The van der Waals surface area contributed by atoms with Gasteiger partial charge in [0.05, 0.1) is 36.5 Å². The van der Waals surface area contributed by atoms with Gasteiger partial charge in [-0.1, -0.05) is 0 Å². The van der Waals surface area contributed by atoms with Gasteiger partial charge in [0.2, 0.25) is 11.7 Å². The van der Waals surface area contributed by atoms with Crippen LogP contribution in [0.2, 0.25) is 0 Å². The Morgan fingerprint density at radius 1 is 1.29 bits per heavy atom. The number of amides is 2. The highest BCUT2D eigenvalue weighted by atomic mass is 19.1. The van der Waals surface area contributed by atoms with Gasteiger partial charge in [0.15, 0.2) is 11.5 Å². The number of ether oxygens (including phenoxy) is 1. The monoisotopic (exact) mass is 428 g/mol. The van der Waals surface area contributed by atoms with Crippen LogP contribution >= 0.6 is 0 Å². The smallest absolute Gasteiger partial charge is 0.414 e.